The molecule has 1 amide bonds. The summed E-state index contributed by atoms with van der Waals surface area (Å²) in [4.78, 5) is 13.8. The summed E-state index contributed by atoms with van der Waals surface area (Å²) in [5.41, 5.74) is 5.54. The molecule has 0 bridgehead atoms. The van der Waals surface area contributed by atoms with Crippen LogP contribution in [0.5, 0.6) is 0 Å². The molecular weight excluding hydrogens is 192 g/mol. The number of nitrogens with zero attached hydrogens (tertiary/aromatic N) is 1. The number of carbonyl (C=O) groups is 1. The minimum absolute atomic E-state index is 0.161. The lowest BCUT2D eigenvalue weighted by molar-refractivity contribution is -0.137. The normalized spacial score (nSPS) is 19.9. The molecule has 88 valence electrons. The van der Waals surface area contributed by atoms with Gasteiger partial charge in [0.15, 0.2) is 0 Å². The standard InChI is InChI=1S/C11H22N2O2/c1-9(7-12)8-13(2)11(14)10-3-5-15-6-4-10/h9-10H,3-8,12H2,1-2H3. The van der Waals surface area contributed by atoms with Crippen LogP contribution in [0.1, 0.15) is 19.8 Å². The maximum atomic E-state index is 12.0. The van der Waals surface area contributed by atoms with Crippen LogP contribution < -0.4 is 5.73 Å². The Hall–Kier alpha value is -0.610. The van der Waals surface area contributed by atoms with Gasteiger partial charge in [-0.2, -0.15) is 0 Å². The molecule has 1 saturated heterocycles. The Morgan fingerprint density at radius 2 is 2.13 bits per heavy atom. The van der Waals surface area contributed by atoms with Gasteiger partial charge in [0.05, 0.1) is 0 Å². The Morgan fingerprint density at radius 1 is 1.53 bits per heavy atom. The molecular formula is C11H22N2O2. The number of hydrogen-bond acceptors (Lipinski definition) is 3. The average molecular weight is 214 g/mol. The summed E-state index contributed by atoms with van der Waals surface area (Å²) in [5.74, 6) is 0.783. The number of carbonyl (C=O) groups excluding carboxylic acids is 1. The van der Waals surface area contributed by atoms with E-state index in [1.54, 1.807) is 0 Å². The van der Waals surface area contributed by atoms with Gasteiger partial charge in [0.2, 0.25) is 5.91 Å². The quantitative estimate of drug-likeness (QED) is 0.740. The molecule has 1 rings (SSSR count). The highest BCUT2D eigenvalue weighted by molar-refractivity contribution is 5.78. The summed E-state index contributed by atoms with van der Waals surface area (Å²) < 4.78 is 5.24. The molecule has 1 heterocycles. The van der Waals surface area contributed by atoms with Crippen LogP contribution in [0, 0.1) is 11.8 Å². The van der Waals surface area contributed by atoms with Crippen LogP contribution in [0.2, 0.25) is 0 Å². The van der Waals surface area contributed by atoms with E-state index in [1.807, 2.05) is 11.9 Å². The second-order valence-electron chi connectivity index (χ2n) is 4.45. The minimum Gasteiger partial charge on any atom is -0.381 e. The predicted molar refractivity (Wildman–Crippen MR) is 59.4 cm³/mol. The molecule has 1 unspecified atom stereocenters. The van der Waals surface area contributed by atoms with Gasteiger partial charge in [-0.25, -0.2) is 0 Å². The van der Waals surface area contributed by atoms with Crippen molar-refractivity contribution in [2.24, 2.45) is 17.6 Å². The van der Waals surface area contributed by atoms with E-state index in [-0.39, 0.29) is 11.8 Å². The van der Waals surface area contributed by atoms with Crippen molar-refractivity contribution in [3.63, 3.8) is 0 Å². The highest BCUT2D eigenvalue weighted by Gasteiger charge is 2.24. The zero-order valence-electron chi connectivity index (χ0n) is 9.74. The lowest BCUT2D eigenvalue weighted by atomic mass is 9.98. The summed E-state index contributed by atoms with van der Waals surface area (Å²) in [7, 11) is 1.87. The Balaban J connectivity index is 2.37. The van der Waals surface area contributed by atoms with Crippen LogP contribution in [-0.4, -0.2) is 44.2 Å². The smallest absolute Gasteiger partial charge is 0.225 e. The molecule has 0 radical (unpaired) electrons. The highest BCUT2D eigenvalue weighted by Crippen LogP contribution is 2.17. The van der Waals surface area contributed by atoms with Crippen molar-refractivity contribution in [3.8, 4) is 0 Å². The summed E-state index contributed by atoms with van der Waals surface area (Å²) in [6.07, 6.45) is 1.72. The Labute approximate surface area is 91.8 Å². The van der Waals surface area contributed by atoms with Crippen LogP contribution >= 0.6 is 0 Å². The van der Waals surface area contributed by atoms with Gasteiger partial charge in [0, 0.05) is 32.7 Å². The molecule has 15 heavy (non-hydrogen) atoms. The monoisotopic (exact) mass is 214 g/mol. The van der Waals surface area contributed by atoms with E-state index in [0.29, 0.717) is 12.5 Å². The van der Waals surface area contributed by atoms with E-state index >= 15 is 0 Å². The fourth-order valence-corrected chi connectivity index (χ4v) is 1.89. The maximum Gasteiger partial charge on any atom is 0.225 e. The third-order valence-electron chi connectivity index (χ3n) is 2.93. The fourth-order valence-electron chi connectivity index (χ4n) is 1.89. The minimum atomic E-state index is 0.161. The predicted octanol–water partition coefficient (Wildman–Crippen LogP) is 0.466. The lowest BCUT2D eigenvalue weighted by Crippen LogP contribution is -2.39. The third-order valence-corrected chi connectivity index (χ3v) is 2.93. The Bertz CT molecular complexity index is 203. The molecule has 0 aromatic carbocycles. The molecule has 2 N–H and O–H groups in total. The first kappa shape index (κ1) is 12.5. The van der Waals surface area contributed by atoms with Gasteiger partial charge in [-0.3, -0.25) is 4.79 Å². The third kappa shape index (κ3) is 3.80. The van der Waals surface area contributed by atoms with Gasteiger partial charge in [-0.1, -0.05) is 6.92 Å². The largest absolute Gasteiger partial charge is 0.381 e. The van der Waals surface area contributed by atoms with E-state index in [9.17, 15) is 4.79 Å². The maximum absolute atomic E-state index is 12.0. The molecule has 1 fully saturated rings. The molecule has 0 aromatic rings. The molecule has 4 nitrogen and oxygen atoms in total. The molecule has 1 aliphatic rings. The van der Waals surface area contributed by atoms with Gasteiger partial charge in [-0.15, -0.1) is 0 Å². The number of amides is 1. The van der Waals surface area contributed by atoms with Crippen LogP contribution in [0.3, 0.4) is 0 Å². The number of nitrogens with two attached hydrogens (primary N) is 1. The van der Waals surface area contributed by atoms with Gasteiger partial charge in [0.25, 0.3) is 0 Å². The number of rotatable bonds is 4. The zero-order valence-corrected chi connectivity index (χ0v) is 9.74. The van der Waals surface area contributed by atoms with E-state index in [1.165, 1.54) is 0 Å². The second kappa shape index (κ2) is 6.08. The van der Waals surface area contributed by atoms with Gasteiger partial charge in [-0.05, 0) is 25.3 Å². The van der Waals surface area contributed by atoms with Gasteiger partial charge in [0.1, 0.15) is 0 Å². The van der Waals surface area contributed by atoms with Crippen molar-refractivity contribution in [2.45, 2.75) is 19.8 Å². The first-order valence-electron chi connectivity index (χ1n) is 5.68. The lowest BCUT2D eigenvalue weighted by Gasteiger charge is -2.28. The van der Waals surface area contributed by atoms with Gasteiger partial charge >= 0.3 is 0 Å². The highest BCUT2D eigenvalue weighted by atomic mass is 16.5. The van der Waals surface area contributed by atoms with Crippen LogP contribution in [-0.2, 0) is 9.53 Å². The average Bonchev–Trinajstić information content (AvgIpc) is 2.29. The molecule has 1 atom stereocenters. The summed E-state index contributed by atoms with van der Waals surface area (Å²) in [6, 6.07) is 0. The fraction of sp³-hybridized carbons (Fsp3) is 0.909. The molecule has 0 aromatic heterocycles. The Morgan fingerprint density at radius 3 is 2.67 bits per heavy atom. The summed E-state index contributed by atoms with van der Waals surface area (Å²) in [6.45, 7) is 4.89. The molecule has 0 aliphatic carbocycles. The Kier molecular flexibility index (Phi) is 5.05. The molecule has 0 spiro atoms. The van der Waals surface area contributed by atoms with Crippen LogP contribution in [0.15, 0.2) is 0 Å². The molecule has 1 aliphatic heterocycles. The second-order valence-corrected chi connectivity index (χ2v) is 4.45. The summed E-state index contributed by atoms with van der Waals surface area (Å²) in [5, 5.41) is 0. The SMILES string of the molecule is CC(CN)CN(C)C(=O)C1CCOCC1. The van der Waals surface area contributed by atoms with Crippen molar-refractivity contribution in [2.75, 3.05) is 33.4 Å². The van der Waals surface area contributed by atoms with Crippen LogP contribution in [0.25, 0.3) is 0 Å². The van der Waals surface area contributed by atoms with Crippen molar-refractivity contribution in [1.29, 1.82) is 0 Å². The van der Waals surface area contributed by atoms with Crippen molar-refractivity contribution < 1.29 is 9.53 Å². The zero-order chi connectivity index (χ0) is 11.3. The topological polar surface area (TPSA) is 55.6 Å². The van der Waals surface area contributed by atoms with Crippen LogP contribution in [0.4, 0.5) is 0 Å². The van der Waals surface area contributed by atoms with E-state index in [2.05, 4.69) is 6.92 Å². The van der Waals surface area contributed by atoms with E-state index in [0.717, 1.165) is 32.6 Å². The summed E-state index contributed by atoms with van der Waals surface area (Å²) >= 11 is 0. The first-order chi connectivity index (χ1) is 7.15. The van der Waals surface area contributed by atoms with Crippen molar-refractivity contribution in [1.82, 2.24) is 4.90 Å². The molecule has 4 heteroatoms. The van der Waals surface area contributed by atoms with E-state index in [4.69, 9.17) is 10.5 Å². The van der Waals surface area contributed by atoms with Crippen molar-refractivity contribution in [3.05, 3.63) is 0 Å². The number of ether oxygens (including phenoxy) is 1. The van der Waals surface area contributed by atoms with E-state index < -0.39 is 0 Å². The first-order valence-corrected chi connectivity index (χ1v) is 5.68. The number of hydrogen-bond donors (Lipinski definition) is 1. The van der Waals surface area contributed by atoms with Crippen molar-refractivity contribution >= 4 is 5.91 Å². The molecule has 0 saturated carbocycles. The van der Waals surface area contributed by atoms with Gasteiger partial charge < -0.3 is 15.4 Å².